The molecule has 1 fully saturated rings. The van der Waals surface area contributed by atoms with Crippen molar-refractivity contribution in [1.82, 2.24) is 14.7 Å². The van der Waals surface area contributed by atoms with E-state index in [2.05, 4.69) is 28.0 Å². The summed E-state index contributed by atoms with van der Waals surface area (Å²) in [6.07, 6.45) is 0.783. The van der Waals surface area contributed by atoms with Crippen LogP contribution in [-0.2, 0) is 29.0 Å². The molecule has 2 rings (SSSR count). The third-order valence-electron chi connectivity index (χ3n) is 3.90. The number of β-amino-alcohol motifs (C(OH)–C–C–N with tert-alkyl or cyclic N) is 1. The molecule has 118 valence electrons. The third kappa shape index (κ3) is 3.30. The van der Waals surface area contributed by atoms with Gasteiger partial charge in [-0.05, 0) is 29.3 Å². The van der Waals surface area contributed by atoms with Crippen molar-refractivity contribution >= 4 is 21.9 Å². The first-order valence-corrected chi connectivity index (χ1v) is 8.05. The van der Waals surface area contributed by atoms with Gasteiger partial charge in [0.25, 0.3) is 0 Å². The van der Waals surface area contributed by atoms with Crippen LogP contribution in [0, 0.1) is 0 Å². The van der Waals surface area contributed by atoms with Crippen LogP contribution in [0.1, 0.15) is 31.7 Å². The maximum absolute atomic E-state index is 11.9. The summed E-state index contributed by atoms with van der Waals surface area (Å²) < 4.78 is 7.78. The average molecular weight is 360 g/mol. The summed E-state index contributed by atoms with van der Waals surface area (Å²) in [5, 5.41) is 14.4. The molecule has 21 heavy (non-hydrogen) atoms. The lowest BCUT2D eigenvalue weighted by molar-refractivity contribution is -0.146. The zero-order chi connectivity index (χ0) is 15.6. The summed E-state index contributed by atoms with van der Waals surface area (Å²) in [5.74, 6) is -0.291. The van der Waals surface area contributed by atoms with Crippen molar-refractivity contribution in [3.05, 3.63) is 15.9 Å². The van der Waals surface area contributed by atoms with Crippen LogP contribution in [0.2, 0.25) is 0 Å². The number of aliphatic hydroxyl groups is 1. The first kappa shape index (κ1) is 16.5. The molecule has 0 aromatic carbocycles. The van der Waals surface area contributed by atoms with E-state index >= 15 is 0 Å². The number of esters is 1. The van der Waals surface area contributed by atoms with Crippen LogP contribution in [0.25, 0.3) is 0 Å². The van der Waals surface area contributed by atoms with Gasteiger partial charge in [-0.2, -0.15) is 5.10 Å². The SMILES string of the molecule is CCc1nn(CC)c(CN2CC(O)CC2C(=O)OC)c1Br. The number of aliphatic hydroxyl groups excluding tert-OH is 1. The van der Waals surface area contributed by atoms with Crippen molar-refractivity contribution in [3.63, 3.8) is 0 Å². The molecule has 1 aromatic heterocycles. The average Bonchev–Trinajstić information content (AvgIpc) is 2.99. The molecule has 1 N–H and O–H groups in total. The number of aryl methyl sites for hydroxylation is 2. The van der Waals surface area contributed by atoms with E-state index in [1.54, 1.807) is 0 Å². The number of rotatable bonds is 5. The van der Waals surface area contributed by atoms with Crippen molar-refractivity contribution in [1.29, 1.82) is 0 Å². The Balaban J connectivity index is 2.24. The number of hydrogen-bond donors (Lipinski definition) is 1. The number of hydrogen-bond acceptors (Lipinski definition) is 5. The van der Waals surface area contributed by atoms with E-state index in [4.69, 9.17) is 4.74 Å². The van der Waals surface area contributed by atoms with Crippen LogP contribution in [0.15, 0.2) is 4.47 Å². The Kier molecular flexibility index (Phi) is 5.40. The van der Waals surface area contributed by atoms with Crippen LogP contribution in [0.4, 0.5) is 0 Å². The summed E-state index contributed by atoms with van der Waals surface area (Å²) >= 11 is 3.61. The lowest BCUT2D eigenvalue weighted by Gasteiger charge is -2.22. The van der Waals surface area contributed by atoms with E-state index < -0.39 is 6.10 Å². The summed E-state index contributed by atoms with van der Waals surface area (Å²) in [4.78, 5) is 13.8. The number of aromatic nitrogens is 2. The summed E-state index contributed by atoms with van der Waals surface area (Å²) in [5.41, 5.74) is 2.05. The summed E-state index contributed by atoms with van der Waals surface area (Å²) in [6.45, 7) is 5.92. The predicted octanol–water partition coefficient (Wildman–Crippen LogP) is 1.34. The molecule has 1 aliphatic heterocycles. The molecular weight excluding hydrogens is 338 g/mol. The zero-order valence-corrected chi connectivity index (χ0v) is 14.3. The molecule has 7 heteroatoms. The molecule has 2 unspecified atom stereocenters. The number of nitrogens with zero attached hydrogens (tertiary/aromatic N) is 3. The highest BCUT2D eigenvalue weighted by Gasteiger charge is 2.37. The Morgan fingerprint density at radius 3 is 2.81 bits per heavy atom. The minimum Gasteiger partial charge on any atom is -0.468 e. The number of carbonyl (C=O) groups excluding carboxylic acids is 1. The maximum Gasteiger partial charge on any atom is 0.323 e. The second kappa shape index (κ2) is 6.89. The summed E-state index contributed by atoms with van der Waals surface area (Å²) in [6, 6.07) is -0.387. The molecule has 1 saturated heterocycles. The van der Waals surface area contributed by atoms with Crippen molar-refractivity contribution in [2.45, 2.75) is 51.9 Å². The molecule has 0 aliphatic carbocycles. The van der Waals surface area contributed by atoms with Crippen LogP contribution >= 0.6 is 15.9 Å². The fourth-order valence-electron chi connectivity index (χ4n) is 2.80. The Hall–Kier alpha value is -0.920. The standard InChI is InChI=1S/C14H22BrN3O3/c1-4-10-13(15)12(18(5-2)16-10)8-17-7-9(19)6-11(17)14(20)21-3/h9,11,19H,4-8H2,1-3H3. The van der Waals surface area contributed by atoms with E-state index in [-0.39, 0.29) is 12.0 Å². The van der Waals surface area contributed by atoms with E-state index in [0.717, 1.165) is 28.8 Å². The second-order valence-electron chi connectivity index (χ2n) is 5.23. The molecule has 0 amide bonds. The number of likely N-dealkylation sites (tertiary alicyclic amines) is 1. The van der Waals surface area contributed by atoms with Crippen LogP contribution < -0.4 is 0 Å². The van der Waals surface area contributed by atoms with Gasteiger partial charge in [0.05, 0.1) is 29.1 Å². The van der Waals surface area contributed by atoms with Gasteiger partial charge in [-0.3, -0.25) is 14.4 Å². The lowest BCUT2D eigenvalue weighted by atomic mass is 10.2. The largest absolute Gasteiger partial charge is 0.468 e. The fourth-order valence-corrected chi connectivity index (χ4v) is 3.49. The van der Waals surface area contributed by atoms with Gasteiger partial charge >= 0.3 is 5.97 Å². The van der Waals surface area contributed by atoms with Crippen LogP contribution in [-0.4, -0.2) is 51.6 Å². The minimum absolute atomic E-state index is 0.291. The number of carbonyl (C=O) groups is 1. The second-order valence-corrected chi connectivity index (χ2v) is 6.03. The highest BCUT2D eigenvalue weighted by atomic mass is 79.9. The fraction of sp³-hybridized carbons (Fsp3) is 0.714. The Morgan fingerprint density at radius 1 is 1.52 bits per heavy atom. The van der Waals surface area contributed by atoms with Gasteiger partial charge in [-0.25, -0.2) is 0 Å². The molecule has 0 saturated carbocycles. The quantitative estimate of drug-likeness (QED) is 0.803. The summed E-state index contributed by atoms with van der Waals surface area (Å²) in [7, 11) is 1.38. The van der Waals surface area contributed by atoms with Gasteiger partial charge in [0.2, 0.25) is 0 Å². The zero-order valence-electron chi connectivity index (χ0n) is 12.7. The molecular formula is C14H22BrN3O3. The topological polar surface area (TPSA) is 67.6 Å². The van der Waals surface area contributed by atoms with Gasteiger partial charge in [0.15, 0.2) is 0 Å². The number of methoxy groups -OCH3 is 1. The Bertz CT molecular complexity index is 518. The first-order chi connectivity index (χ1) is 10.0. The number of ether oxygens (including phenoxy) is 1. The third-order valence-corrected chi connectivity index (χ3v) is 4.82. The number of halogens is 1. The maximum atomic E-state index is 11.9. The Labute approximate surface area is 133 Å². The molecule has 1 aliphatic rings. The smallest absolute Gasteiger partial charge is 0.323 e. The van der Waals surface area contributed by atoms with E-state index in [9.17, 15) is 9.90 Å². The van der Waals surface area contributed by atoms with Crippen molar-refractivity contribution in [3.8, 4) is 0 Å². The van der Waals surface area contributed by atoms with Gasteiger partial charge in [0.1, 0.15) is 6.04 Å². The predicted molar refractivity (Wildman–Crippen MR) is 81.8 cm³/mol. The van der Waals surface area contributed by atoms with Gasteiger partial charge in [-0.15, -0.1) is 0 Å². The normalized spacial score (nSPS) is 22.7. The van der Waals surface area contributed by atoms with E-state index in [1.165, 1.54) is 7.11 Å². The van der Waals surface area contributed by atoms with Gasteiger partial charge in [-0.1, -0.05) is 6.92 Å². The van der Waals surface area contributed by atoms with E-state index in [0.29, 0.717) is 19.5 Å². The highest BCUT2D eigenvalue weighted by molar-refractivity contribution is 9.10. The van der Waals surface area contributed by atoms with Crippen molar-refractivity contribution < 1.29 is 14.6 Å². The highest BCUT2D eigenvalue weighted by Crippen LogP contribution is 2.27. The van der Waals surface area contributed by atoms with Crippen LogP contribution in [0.3, 0.4) is 0 Å². The van der Waals surface area contributed by atoms with Crippen LogP contribution in [0.5, 0.6) is 0 Å². The van der Waals surface area contributed by atoms with Crippen molar-refractivity contribution in [2.24, 2.45) is 0 Å². The molecule has 2 heterocycles. The molecule has 0 radical (unpaired) electrons. The van der Waals surface area contributed by atoms with E-state index in [1.807, 2.05) is 16.5 Å². The monoisotopic (exact) mass is 359 g/mol. The van der Waals surface area contributed by atoms with Gasteiger partial charge < -0.3 is 9.84 Å². The van der Waals surface area contributed by atoms with Gasteiger partial charge in [0, 0.05) is 26.1 Å². The lowest BCUT2D eigenvalue weighted by Crippen LogP contribution is -2.37. The first-order valence-electron chi connectivity index (χ1n) is 7.25. The molecule has 1 aromatic rings. The minimum atomic E-state index is -0.489. The molecule has 0 bridgehead atoms. The molecule has 6 nitrogen and oxygen atoms in total. The Morgan fingerprint density at radius 2 is 2.24 bits per heavy atom. The molecule has 2 atom stereocenters. The molecule has 0 spiro atoms. The van der Waals surface area contributed by atoms with Crippen molar-refractivity contribution in [2.75, 3.05) is 13.7 Å².